The summed E-state index contributed by atoms with van der Waals surface area (Å²) in [5.41, 5.74) is 2.87. The third-order valence-corrected chi connectivity index (χ3v) is 4.89. The van der Waals surface area contributed by atoms with E-state index in [4.69, 9.17) is 23.5 Å². The van der Waals surface area contributed by atoms with Gasteiger partial charge in [-0.15, -0.1) is 0 Å². The van der Waals surface area contributed by atoms with E-state index in [1.54, 1.807) is 42.5 Å². The second-order valence-electron chi connectivity index (χ2n) is 7.06. The van der Waals surface area contributed by atoms with Crippen LogP contribution in [0.3, 0.4) is 0 Å². The summed E-state index contributed by atoms with van der Waals surface area (Å²) in [5, 5.41) is 3.90. The predicted octanol–water partition coefficient (Wildman–Crippen LogP) is 3.57. The van der Waals surface area contributed by atoms with Crippen molar-refractivity contribution in [3.63, 3.8) is 0 Å². The van der Waals surface area contributed by atoms with Gasteiger partial charge in [0.15, 0.2) is 23.9 Å². The highest BCUT2D eigenvalue weighted by molar-refractivity contribution is 5.98. The van der Waals surface area contributed by atoms with Gasteiger partial charge in [0, 0.05) is 5.56 Å². The summed E-state index contributed by atoms with van der Waals surface area (Å²) in [7, 11) is 0. The first-order valence-corrected chi connectivity index (χ1v) is 9.71. The first-order chi connectivity index (χ1) is 15.0. The van der Waals surface area contributed by atoms with Crippen LogP contribution in [0.5, 0.6) is 17.2 Å². The molecule has 0 radical (unpaired) electrons. The van der Waals surface area contributed by atoms with E-state index in [0.717, 1.165) is 22.6 Å². The molecule has 0 bridgehead atoms. The molecule has 4 rings (SSSR count). The van der Waals surface area contributed by atoms with Crippen LogP contribution >= 0.6 is 0 Å². The highest BCUT2D eigenvalue weighted by Crippen LogP contribution is 2.32. The zero-order valence-electron chi connectivity index (χ0n) is 17.2. The minimum atomic E-state index is -0.488. The van der Waals surface area contributed by atoms with Gasteiger partial charge in [-0.2, -0.15) is 0 Å². The van der Waals surface area contributed by atoms with Gasteiger partial charge in [0.05, 0.1) is 17.7 Å². The molecule has 0 atom stereocenters. The summed E-state index contributed by atoms with van der Waals surface area (Å²) in [5.74, 6) is 1.69. The number of nitrogens with zero attached hydrogens (tertiary/aromatic N) is 1. The van der Waals surface area contributed by atoms with Gasteiger partial charge in [-0.3, -0.25) is 9.59 Å². The number of fused-ring (bicyclic) bond motifs is 1. The van der Waals surface area contributed by atoms with Gasteiger partial charge in [-0.05, 0) is 49.7 Å². The van der Waals surface area contributed by atoms with Crippen LogP contribution in [0.2, 0.25) is 0 Å². The lowest BCUT2D eigenvalue weighted by molar-refractivity contribution is -0.141. The summed E-state index contributed by atoms with van der Waals surface area (Å²) >= 11 is 0. The van der Waals surface area contributed by atoms with Crippen LogP contribution < -0.4 is 14.2 Å². The third kappa shape index (κ3) is 4.85. The van der Waals surface area contributed by atoms with Gasteiger partial charge in [0.25, 0.3) is 0 Å². The summed E-state index contributed by atoms with van der Waals surface area (Å²) in [6.07, 6.45) is 0.0541. The molecule has 160 valence electrons. The molecule has 8 nitrogen and oxygen atoms in total. The second-order valence-corrected chi connectivity index (χ2v) is 7.06. The number of Topliss-reactive ketones (excluding diaryl/α,β-unsaturated/α-hetero) is 1. The first-order valence-electron chi connectivity index (χ1n) is 9.71. The normalized spacial score (nSPS) is 11.9. The number of esters is 1. The zero-order chi connectivity index (χ0) is 21.8. The number of aromatic nitrogens is 1. The average Bonchev–Trinajstić information content (AvgIpc) is 3.37. The van der Waals surface area contributed by atoms with Crippen molar-refractivity contribution in [1.82, 2.24) is 5.16 Å². The van der Waals surface area contributed by atoms with Crippen LogP contribution in [0.4, 0.5) is 0 Å². The van der Waals surface area contributed by atoms with Crippen molar-refractivity contribution in [2.45, 2.75) is 26.9 Å². The summed E-state index contributed by atoms with van der Waals surface area (Å²) in [6, 6.07) is 12.0. The maximum absolute atomic E-state index is 12.3. The lowest BCUT2D eigenvalue weighted by Crippen LogP contribution is -2.15. The third-order valence-electron chi connectivity index (χ3n) is 4.89. The molecule has 0 saturated carbocycles. The Balaban J connectivity index is 1.25. The lowest BCUT2D eigenvalue weighted by Gasteiger charge is -2.08. The predicted molar refractivity (Wildman–Crippen MR) is 108 cm³/mol. The van der Waals surface area contributed by atoms with E-state index in [2.05, 4.69) is 5.16 Å². The van der Waals surface area contributed by atoms with Crippen molar-refractivity contribution in [2.75, 3.05) is 13.4 Å². The van der Waals surface area contributed by atoms with Gasteiger partial charge in [0.2, 0.25) is 6.79 Å². The van der Waals surface area contributed by atoms with Gasteiger partial charge in [0.1, 0.15) is 18.1 Å². The minimum absolute atomic E-state index is 0.0541. The fourth-order valence-electron chi connectivity index (χ4n) is 3.08. The highest BCUT2D eigenvalue weighted by Gasteiger charge is 2.17. The first kappa shape index (κ1) is 20.5. The number of carbonyl (C=O) groups is 2. The molecule has 1 aromatic heterocycles. The Labute approximate surface area is 178 Å². The molecule has 3 aromatic rings. The number of benzene rings is 2. The number of hydrogen-bond acceptors (Lipinski definition) is 8. The second kappa shape index (κ2) is 8.91. The molecule has 0 spiro atoms. The molecular formula is C23H21NO7. The molecule has 2 aromatic carbocycles. The molecular weight excluding hydrogens is 402 g/mol. The molecule has 2 heterocycles. The zero-order valence-corrected chi connectivity index (χ0v) is 17.2. The van der Waals surface area contributed by atoms with Gasteiger partial charge in [-0.1, -0.05) is 17.3 Å². The Morgan fingerprint density at radius 1 is 1.03 bits per heavy atom. The maximum Gasteiger partial charge on any atom is 0.310 e. The van der Waals surface area contributed by atoms with Crippen LogP contribution in [0.1, 0.15) is 32.9 Å². The SMILES string of the molecule is Cc1noc(C)c1COc1ccc(CC(=O)OCC(=O)c2ccc3c(c2)OCO3)cc1. The van der Waals surface area contributed by atoms with Crippen LogP contribution in [0.15, 0.2) is 47.0 Å². The van der Waals surface area contributed by atoms with Gasteiger partial charge >= 0.3 is 5.97 Å². The molecule has 1 aliphatic heterocycles. The average molecular weight is 423 g/mol. The fourth-order valence-corrected chi connectivity index (χ4v) is 3.08. The number of hydrogen-bond donors (Lipinski definition) is 0. The smallest absolute Gasteiger partial charge is 0.310 e. The van der Waals surface area contributed by atoms with Crippen LogP contribution in [0.25, 0.3) is 0 Å². The number of carbonyl (C=O) groups excluding carboxylic acids is 2. The Hall–Kier alpha value is -3.81. The monoisotopic (exact) mass is 423 g/mol. The van der Waals surface area contributed by atoms with Crippen LogP contribution in [-0.2, 0) is 22.6 Å². The molecule has 31 heavy (non-hydrogen) atoms. The van der Waals surface area contributed by atoms with E-state index in [9.17, 15) is 9.59 Å². The highest BCUT2D eigenvalue weighted by atomic mass is 16.7. The molecule has 0 amide bonds. The van der Waals surface area contributed by atoms with E-state index in [0.29, 0.717) is 29.4 Å². The Bertz CT molecular complexity index is 1080. The topological polar surface area (TPSA) is 97.1 Å². The Morgan fingerprint density at radius 2 is 1.81 bits per heavy atom. The quantitative estimate of drug-likeness (QED) is 0.401. The maximum atomic E-state index is 12.3. The van der Waals surface area contributed by atoms with Crippen molar-refractivity contribution >= 4 is 11.8 Å². The number of ether oxygens (including phenoxy) is 4. The molecule has 1 aliphatic rings. The van der Waals surface area contributed by atoms with Crippen molar-refractivity contribution < 1.29 is 33.1 Å². The van der Waals surface area contributed by atoms with Crippen molar-refractivity contribution in [3.05, 3.63) is 70.6 Å². The molecule has 0 unspecified atom stereocenters. The van der Waals surface area contributed by atoms with Crippen LogP contribution in [-0.4, -0.2) is 30.3 Å². The van der Waals surface area contributed by atoms with E-state index in [1.165, 1.54) is 0 Å². The van der Waals surface area contributed by atoms with Crippen molar-refractivity contribution in [1.29, 1.82) is 0 Å². The van der Waals surface area contributed by atoms with E-state index in [1.807, 2.05) is 13.8 Å². The van der Waals surface area contributed by atoms with Gasteiger partial charge < -0.3 is 23.5 Å². The molecule has 0 N–H and O–H groups in total. The Kier molecular flexibility index (Phi) is 5.88. The molecule has 8 heteroatoms. The van der Waals surface area contributed by atoms with E-state index >= 15 is 0 Å². The summed E-state index contributed by atoms with van der Waals surface area (Å²) in [6.45, 7) is 3.85. The number of rotatable bonds is 8. The largest absolute Gasteiger partial charge is 0.489 e. The standard InChI is InChI=1S/C23H21NO7/c1-14-19(15(2)31-24-14)11-27-18-6-3-16(4-7-18)9-23(26)28-12-20(25)17-5-8-21-22(10-17)30-13-29-21/h3-8,10H,9,11-13H2,1-2H3. The number of aryl methyl sites for hydroxylation is 2. The van der Waals surface area contributed by atoms with Crippen LogP contribution in [0, 0.1) is 13.8 Å². The van der Waals surface area contributed by atoms with E-state index < -0.39 is 5.97 Å². The number of ketones is 1. The summed E-state index contributed by atoms with van der Waals surface area (Å²) < 4.78 is 26.5. The lowest BCUT2D eigenvalue weighted by atomic mass is 10.1. The van der Waals surface area contributed by atoms with Crippen molar-refractivity contribution in [3.8, 4) is 17.2 Å². The minimum Gasteiger partial charge on any atom is -0.489 e. The molecule has 0 aliphatic carbocycles. The summed E-state index contributed by atoms with van der Waals surface area (Å²) in [4.78, 5) is 24.4. The van der Waals surface area contributed by atoms with Gasteiger partial charge in [-0.25, -0.2) is 0 Å². The fraction of sp³-hybridized carbons (Fsp3) is 0.261. The molecule has 0 fully saturated rings. The van der Waals surface area contributed by atoms with E-state index in [-0.39, 0.29) is 25.6 Å². The Morgan fingerprint density at radius 3 is 2.55 bits per heavy atom. The molecule has 0 saturated heterocycles. The van der Waals surface area contributed by atoms with Crippen molar-refractivity contribution in [2.24, 2.45) is 0 Å².